The topological polar surface area (TPSA) is 79.3 Å². The Hall–Kier alpha value is -2.11. The molecule has 2 aromatic rings. The van der Waals surface area contributed by atoms with E-state index in [0.29, 0.717) is 5.56 Å². The molecular formula is C14H10Cl2N2O3. The number of amides is 1. The van der Waals surface area contributed by atoms with Gasteiger partial charge >= 0.3 is 5.97 Å². The normalized spacial score (nSPS) is 10.2. The van der Waals surface area contributed by atoms with Gasteiger partial charge in [0.15, 0.2) is 0 Å². The number of aromatic nitrogens is 1. The quantitative estimate of drug-likeness (QED) is 0.903. The summed E-state index contributed by atoms with van der Waals surface area (Å²) in [5, 5.41) is 11.7. The Kier molecular flexibility index (Phi) is 4.45. The highest BCUT2D eigenvalue weighted by Gasteiger charge is 2.21. The lowest BCUT2D eigenvalue weighted by Crippen LogP contribution is -2.18. The maximum Gasteiger partial charge on any atom is 0.339 e. The Balaban J connectivity index is 2.45. The summed E-state index contributed by atoms with van der Waals surface area (Å²) in [4.78, 5) is 27.4. The molecule has 1 aromatic carbocycles. The first-order chi connectivity index (χ1) is 9.91. The summed E-state index contributed by atoms with van der Waals surface area (Å²) >= 11 is 11.8. The number of carboxylic acids is 1. The summed E-state index contributed by atoms with van der Waals surface area (Å²) < 4.78 is 0. The Morgan fingerprint density at radius 1 is 1.19 bits per heavy atom. The molecule has 0 aliphatic rings. The molecule has 108 valence electrons. The van der Waals surface area contributed by atoms with Crippen molar-refractivity contribution in [1.82, 2.24) is 4.98 Å². The van der Waals surface area contributed by atoms with E-state index < -0.39 is 11.9 Å². The molecule has 0 aliphatic heterocycles. The maximum absolute atomic E-state index is 12.2. The van der Waals surface area contributed by atoms with E-state index in [-0.39, 0.29) is 27.0 Å². The molecule has 1 aromatic heterocycles. The van der Waals surface area contributed by atoms with Crippen LogP contribution in [-0.4, -0.2) is 22.0 Å². The van der Waals surface area contributed by atoms with E-state index in [1.54, 1.807) is 19.1 Å². The molecule has 21 heavy (non-hydrogen) atoms. The Morgan fingerprint density at radius 2 is 1.86 bits per heavy atom. The number of aromatic carboxylic acids is 1. The second-order valence-electron chi connectivity index (χ2n) is 4.21. The first-order valence-corrected chi connectivity index (χ1v) is 6.61. The van der Waals surface area contributed by atoms with Gasteiger partial charge in [-0.05, 0) is 30.7 Å². The molecule has 0 aliphatic carbocycles. The van der Waals surface area contributed by atoms with Gasteiger partial charge in [-0.25, -0.2) is 4.79 Å². The van der Waals surface area contributed by atoms with Crippen LogP contribution in [0.4, 0.5) is 5.69 Å². The number of nitrogens with one attached hydrogen (secondary N) is 1. The molecule has 0 saturated heterocycles. The van der Waals surface area contributed by atoms with Crippen molar-refractivity contribution in [3.8, 4) is 0 Å². The third-order valence-electron chi connectivity index (χ3n) is 2.78. The molecule has 2 rings (SSSR count). The van der Waals surface area contributed by atoms with Crippen LogP contribution in [0.25, 0.3) is 0 Å². The number of hydrogen-bond acceptors (Lipinski definition) is 3. The van der Waals surface area contributed by atoms with Gasteiger partial charge in [-0.2, -0.15) is 0 Å². The van der Waals surface area contributed by atoms with Crippen LogP contribution < -0.4 is 5.32 Å². The number of anilines is 1. The van der Waals surface area contributed by atoms with E-state index in [4.69, 9.17) is 23.2 Å². The molecule has 0 saturated carbocycles. The zero-order valence-corrected chi connectivity index (χ0v) is 12.4. The number of rotatable bonds is 3. The van der Waals surface area contributed by atoms with Crippen LogP contribution in [0.3, 0.4) is 0 Å². The summed E-state index contributed by atoms with van der Waals surface area (Å²) in [6.07, 6.45) is 1.47. The molecule has 7 heteroatoms. The van der Waals surface area contributed by atoms with Gasteiger partial charge < -0.3 is 10.4 Å². The van der Waals surface area contributed by atoms with Crippen molar-refractivity contribution >= 4 is 40.8 Å². The van der Waals surface area contributed by atoms with Gasteiger partial charge in [0.1, 0.15) is 11.3 Å². The summed E-state index contributed by atoms with van der Waals surface area (Å²) in [6, 6.07) is 6.19. The van der Waals surface area contributed by atoms with Crippen LogP contribution >= 0.6 is 23.2 Å². The molecule has 0 atom stereocenters. The van der Waals surface area contributed by atoms with Gasteiger partial charge in [-0.15, -0.1) is 0 Å². The van der Waals surface area contributed by atoms with Gasteiger partial charge in [0.05, 0.1) is 15.7 Å². The SMILES string of the molecule is Cc1cccnc1C(=O)Nc1c(Cl)ccc(Cl)c1C(=O)O. The number of carbonyl (C=O) groups excluding carboxylic acids is 1. The summed E-state index contributed by atoms with van der Waals surface area (Å²) in [5.41, 5.74) is 0.535. The van der Waals surface area contributed by atoms with Crippen LogP contribution in [0.5, 0.6) is 0 Å². The Labute approximate surface area is 130 Å². The molecule has 0 spiro atoms. The first-order valence-electron chi connectivity index (χ1n) is 5.86. The highest BCUT2D eigenvalue weighted by Crippen LogP contribution is 2.32. The number of aryl methyl sites for hydroxylation is 1. The molecular weight excluding hydrogens is 315 g/mol. The van der Waals surface area contributed by atoms with Crippen molar-refractivity contribution in [1.29, 1.82) is 0 Å². The lowest BCUT2D eigenvalue weighted by molar-refractivity contribution is 0.0698. The number of hydrogen-bond donors (Lipinski definition) is 2. The number of benzene rings is 1. The minimum Gasteiger partial charge on any atom is -0.478 e. The zero-order chi connectivity index (χ0) is 15.6. The van der Waals surface area contributed by atoms with Gasteiger partial charge in [0.25, 0.3) is 5.91 Å². The van der Waals surface area contributed by atoms with Crippen molar-refractivity contribution < 1.29 is 14.7 Å². The second kappa shape index (κ2) is 6.11. The summed E-state index contributed by atoms with van der Waals surface area (Å²) in [5.74, 6) is -1.84. The van der Waals surface area contributed by atoms with Crippen molar-refractivity contribution in [3.05, 3.63) is 57.3 Å². The highest BCUT2D eigenvalue weighted by molar-refractivity contribution is 6.38. The van der Waals surface area contributed by atoms with Crippen LogP contribution in [0.2, 0.25) is 10.0 Å². The van der Waals surface area contributed by atoms with Gasteiger partial charge in [-0.3, -0.25) is 9.78 Å². The lowest BCUT2D eigenvalue weighted by Gasteiger charge is -2.12. The van der Waals surface area contributed by atoms with E-state index in [9.17, 15) is 14.7 Å². The van der Waals surface area contributed by atoms with E-state index in [1.807, 2.05) is 0 Å². The standard InChI is InChI=1S/C14H10Cl2N2O3/c1-7-3-2-6-17-11(7)13(19)18-12-9(16)5-4-8(15)10(12)14(20)21/h2-6H,1H3,(H,18,19)(H,20,21). The van der Waals surface area contributed by atoms with E-state index >= 15 is 0 Å². The molecule has 1 heterocycles. The predicted octanol–water partition coefficient (Wildman–Crippen LogP) is 3.65. The van der Waals surface area contributed by atoms with E-state index in [2.05, 4.69) is 10.3 Å². The van der Waals surface area contributed by atoms with Crippen LogP contribution in [0.15, 0.2) is 30.5 Å². The second-order valence-corrected chi connectivity index (χ2v) is 5.02. The molecule has 0 fully saturated rings. The number of nitrogens with zero attached hydrogens (tertiary/aromatic N) is 1. The van der Waals surface area contributed by atoms with Crippen molar-refractivity contribution in [3.63, 3.8) is 0 Å². The number of carboxylic acid groups (broad SMARTS) is 1. The fourth-order valence-electron chi connectivity index (χ4n) is 1.78. The van der Waals surface area contributed by atoms with Gasteiger partial charge in [-0.1, -0.05) is 29.3 Å². The third-order valence-corrected chi connectivity index (χ3v) is 3.41. The van der Waals surface area contributed by atoms with Gasteiger partial charge in [0, 0.05) is 6.20 Å². The smallest absolute Gasteiger partial charge is 0.339 e. The summed E-state index contributed by atoms with van der Waals surface area (Å²) in [7, 11) is 0. The maximum atomic E-state index is 12.2. The Bertz CT molecular complexity index is 732. The van der Waals surface area contributed by atoms with E-state index in [1.165, 1.54) is 18.3 Å². The molecule has 2 N–H and O–H groups in total. The molecule has 1 amide bonds. The molecule has 0 unspecified atom stereocenters. The largest absolute Gasteiger partial charge is 0.478 e. The van der Waals surface area contributed by atoms with Crippen LogP contribution in [-0.2, 0) is 0 Å². The summed E-state index contributed by atoms with van der Waals surface area (Å²) in [6.45, 7) is 1.72. The highest BCUT2D eigenvalue weighted by atomic mass is 35.5. The number of halogens is 2. The minimum atomic E-state index is -1.28. The van der Waals surface area contributed by atoms with Crippen LogP contribution in [0.1, 0.15) is 26.4 Å². The fraction of sp³-hybridized carbons (Fsp3) is 0.0714. The van der Waals surface area contributed by atoms with Crippen LogP contribution in [0, 0.1) is 6.92 Å². The number of pyridine rings is 1. The number of carbonyl (C=O) groups is 2. The fourth-order valence-corrected chi connectivity index (χ4v) is 2.22. The minimum absolute atomic E-state index is 0.0139. The average Bonchev–Trinajstić information content (AvgIpc) is 2.43. The van der Waals surface area contributed by atoms with Crippen molar-refractivity contribution in [2.75, 3.05) is 5.32 Å². The predicted molar refractivity (Wildman–Crippen MR) is 80.3 cm³/mol. The third kappa shape index (κ3) is 3.15. The van der Waals surface area contributed by atoms with Gasteiger partial charge in [0.2, 0.25) is 0 Å². The molecule has 5 nitrogen and oxygen atoms in total. The first kappa shape index (κ1) is 15.3. The van der Waals surface area contributed by atoms with E-state index in [0.717, 1.165) is 0 Å². The lowest BCUT2D eigenvalue weighted by atomic mass is 10.1. The monoisotopic (exact) mass is 324 g/mol. The van der Waals surface area contributed by atoms with Crippen molar-refractivity contribution in [2.45, 2.75) is 6.92 Å². The Morgan fingerprint density at radius 3 is 2.48 bits per heavy atom. The molecule has 0 bridgehead atoms. The molecule has 0 radical (unpaired) electrons. The van der Waals surface area contributed by atoms with Crippen molar-refractivity contribution in [2.24, 2.45) is 0 Å². The average molecular weight is 325 g/mol. The zero-order valence-electron chi connectivity index (χ0n) is 10.9.